The first-order valence-corrected chi connectivity index (χ1v) is 8.76. The normalized spacial score (nSPS) is 13.3. The lowest BCUT2D eigenvalue weighted by Gasteiger charge is -2.18. The number of hydrogen-bond acceptors (Lipinski definition) is 2. The van der Waals surface area contributed by atoms with Crippen LogP contribution in [-0.4, -0.2) is 17.7 Å². The molecule has 2 atom stereocenters. The average Bonchev–Trinajstić information content (AvgIpc) is 2.55. The molecule has 2 aromatic rings. The standard InChI is InChI=1S/C19H22FNOS/c1-14(13-23-17-9-4-3-5-10-17)19(22)21-15(2)12-16-8-6-7-11-18(16)20/h3-11,14-15H,12-13H2,1-2H3,(H,21,22). The number of nitrogens with one attached hydrogen (secondary N) is 1. The van der Waals surface area contributed by atoms with Gasteiger partial charge in [0.05, 0.1) is 0 Å². The topological polar surface area (TPSA) is 29.1 Å². The number of thioether (sulfide) groups is 1. The maximum absolute atomic E-state index is 13.6. The van der Waals surface area contributed by atoms with Gasteiger partial charge < -0.3 is 5.32 Å². The summed E-state index contributed by atoms with van der Waals surface area (Å²) >= 11 is 1.67. The minimum atomic E-state index is -0.221. The molecule has 0 radical (unpaired) electrons. The average molecular weight is 331 g/mol. The summed E-state index contributed by atoms with van der Waals surface area (Å²) in [4.78, 5) is 13.4. The number of benzene rings is 2. The number of carbonyl (C=O) groups excluding carboxylic acids is 1. The molecule has 122 valence electrons. The Morgan fingerprint density at radius 2 is 1.74 bits per heavy atom. The molecule has 0 heterocycles. The zero-order chi connectivity index (χ0) is 16.7. The molecular formula is C19H22FNOS. The summed E-state index contributed by atoms with van der Waals surface area (Å²) in [5.41, 5.74) is 0.631. The largest absolute Gasteiger partial charge is 0.353 e. The van der Waals surface area contributed by atoms with Crippen LogP contribution in [0.3, 0.4) is 0 Å². The van der Waals surface area contributed by atoms with E-state index in [1.54, 1.807) is 23.9 Å². The van der Waals surface area contributed by atoms with Crippen LogP contribution >= 0.6 is 11.8 Å². The van der Waals surface area contributed by atoms with Crippen LogP contribution in [0, 0.1) is 11.7 Å². The Bertz CT molecular complexity index is 632. The molecular weight excluding hydrogens is 309 g/mol. The zero-order valence-corrected chi connectivity index (χ0v) is 14.3. The van der Waals surface area contributed by atoms with Crippen molar-refractivity contribution in [2.75, 3.05) is 5.75 Å². The lowest BCUT2D eigenvalue weighted by Crippen LogP contribution is -2.38. The summed E-state index contributed by atoms with van der Waals surface area (Å²) in [6.07, 6.45) is 0.497. The highest BCUT2D eigenvalue weighted by molar-refractivity contribution is 7.99. The highest BCUT2D eigenvalue weighted by Crippen LogP contribution is 2.20. The van der Waals surface area contributed by atoms with E-state index in [0.29, 0.717) is 12.0 Å². The van der Waals surface area contributed by atoms with Gasteiger partial charge in [-0.25, -0.2) is 4.39 Å². The molecule has 0 aliphatic rings. The quantitative estimate of drug-likeness (QED) is 0.766. The molecule has 0 saturated heterocycles. The molecule has 2 rings (SSSR count). The van der Waals surface area contributed by atoms with Gasteiger partial charge in [0.2, 0.25) is 5.91 Å². The van der Waals surface area contributed by atoms with E-state index < -0.39 is 0 Å². The summed E-state index contributed by atoms with van der Waals surface area (Å²) < 4.78 is 13.6. The van der Waals surface area contributed by atoms with Gasteiger partial charge in [-0.1, -0.05) is 43.3 Å². The van der Waals surface area contributed by atoms with Crippen LogP contribution in [0.25, 0.3) is 0 Å². The molecule has 2 nitrogen and oxygen atoms in total. The number of hydrogen-bond donors (Lipinski definition) is 1. The summed E-state index contributed by atoms with van der Waals surface area (Å²) in [7, 11) is 0. The van der Waals surface area contributed by atoms with Gasteiger partial charge in [0.1, 0.15) is 5.82 Å². The van der Waals surface area contributed by atoms with Crippen molar-refractivity contribution in [3.05, 3.63) is 66.0 Å². The Balaban J connectivity index is 1.80. The highest BCUT2D eigenvalue weighted by atomic mass is 32.2. The first kappa shape index (κ1) is 17.5. The fourth-order valence-corrected chi connectivity index (χ4v) is 3.19. The first-order chi connectivity index (χ1) is 11.1. The van der Waals surface area contributed by atoms with E-state index in [0.717, 1.165) is 10.6 Å². The molecule has 0 aliphatic heterocycles. The van der Waals surface area contributed by atoms with E-state index in [4.69, 9.17) is 0 Å². The molecule has 1 N–H and O–H groups in total. The summed E-state index contributed by atoms with van der Waals surface area (Å²) in [6.45, 7) is 3.82. The molecule has 0 aliphatic carbocycles. The lowest BCUT2D eigenvalue weighted by molar-refractivity contribution is -0.124. The predicted molar refractivity (Wildman–Crippen MR) is 94.0 cm³/mol. The van der Waals surface area contributed by atoms with Crippen LogP contribution in [-0.2, 0) is 11.2 Å². The fraction of sp³-hybridized carbons (Fsp3) is 0.316. The third-order valence-electron chi connectivity index (χ3n) is 3.56. The number of amides is 1. The molecule has 0 bridgehead atoms. The van der Waals surface area contributed by atoms with E-state index in [-0.39, 0.29) is 23.7 Å². The van der Waals surface area contributed by atoms with Crippen LogP contribution in [0.1, 0.15) is 19.4 Å². The molecule has 23 heavy (non-hydrogen) atoms. The summed E-state index contributed by atoms with van der Waals surface area (Å²) in [5.74, 6) is 0.421. The molecule has 0 spiro atoms. The minimum Gasteiger partial charge on any atom is -0.353 e. The second-order valence-corrected chi connectivity index (χ2v) is 6.82. The molecule has 2 unspecified atom stereocenters. The van der Waals surface area contributed by atoms with E-state index >= 15 is 0 Å². The summed E-state index contributed by atoms with van der Waals surface area (Å²) in [5, 5.41) is 2.97. The van der Waals surface area contributed by atoms with Gasteiger partial charge in [-0.2, -0.15) is 0 Å². The monoisotopic (exact) mass is 331 g/mol. The number of halogens is 1. The third-order valence-corrected chi connectivity index (χ3v) is 4.84. The van der Waals surface area contributed by atoms with Crippen LogP contribution in [0.15, 0.2) is 59.5 Å². The smallest absolute Gasteiger partial charge is 0.223 e. The Morgan fingerprint density at radius 1 is 1.09 bits per heavy atom. The Kier molecular flexibility index (Phi) is 6.66. The van der Waals surface area contributed by atoms with Gasteiger partial charge in [-0.15, -0.1) is 11.8 Å². The van der Waals surface area contributed by atoms with E-state index in [1.165, 1.54) is 6.07 Å². The van der Waals surface area contributed by atoms with Crippen molar-refractivity contribution in [1.82, 2.24) is 5.32 Å². The van der Waals surface area contributed by atoms with Crippen LogP contribution < -0.4 is 5.32 Å². The van der Waals surface area contributed by atoms with Gasteiger partial charge in [0.25, 0.3) is 0 Å². The Labute approximate surface area is 141 Å². The number of rotatable bonds is 7. The highest BCUT2D eigenvalue weighted by Gasteiger charge is 2.16. The SMILES string of the molecule is CC(Cc1ccccc1F)NC(=O)C(C)CSc1ccccc1. The van der Waals surface area contributed by atoms with E-state index in [1.807, 2.05) is 50.2 Å². The van der Waals surface area contributed by atoms with E-state index in [9.17, 15) is 9.18 Å². The molecule has 0 aromatic heterocycles. The van der Waals surface area contributed by atoms with Crippen molar-refractivity contribution < 1.29 is 9.18 Å². The molecule has 2 aromatic carbocycles. The molecule has 0 fully saturated rings. The zero-order valence-electron chi connectivity index (χ0n) is 13.5. The Morgan fingerprint density at radius 3 is 2.43 bits per heavy atom. The van der Waals surface area contributed by atoms with Crippen LogP contribution in [0.4, 0.5) is 4.39 Å². The second-order valence-electron chi connectivity index (χ2n) is 5.73. The predicted octanol–water partition coefficient (Wildman–Crippen LogP) is 4.30. The van der Waals surface area contributed by atoms with Gasteiger partial charge in [0.15, 0.2) is 0 Å². The van der Waals surface area contributed by atoms with Crippen molar-refractivity contribution in [3.8, 4) is 0 Å². The van der Waals surface area contributed by atoms with Crippen molar-refractivity contribution in [2.45, 2.75) is 31.2 Å². The van der Waals surface area contributed by atoms with Crippen molar-refractivity contribution in [1.29, 1.82) is 0 Å². The van der Waals surface area contributed by atoms with Gasteiger partial charge in [0, 0.05) is 22.6 Å². The second kappa shape index (κ2) is 8.73. The maximum Gasteiger partial charge on any atom is 0.223 e. The molecule has 1 amide bonds. The summed E-state index contributed by atoms with van der Waals surface area (Å²) in [6, 6.07) is 16.6. The van der Waals surface area contributed by atoms with E-state index in [2.05, 4.69) is 5.32 Å². The first-order valence-electron chi connectivity index (χ1n) is 7.78. The number of carbonyl (C=O) groups is 1. The van der Waals surface area contributed by atoms with Crippen LogP contribution in [0.2, 0.25) is 0 Å². The van der Waals surface area contributed by atoms with Crippen molar-refractivity contribution >= 4 is 17.7 Å². The molecule has 4 heteroatoms. The fourth-order valence-electron chi connectivity index (χ4n) is 2.24. The third kappa shape index (κ3) is 5.71. The minimum absolute atomic E-state index is 0.0114. The van der Waals surface area contributed by atoms with Crippen LogP contribution in [0.5, 0.6) is 0 Å². The molecule has 0 saturated carbocycles. The maximum atomic E-state index is 13.6. The van der Waals surface area contributed by atoms with Crippen molar-refractivity contribution in [2.24, 2.45) is 5.92 Å². The van der Waals surface area contributed by atoms with Gasteiger partial charge in [-0.05, 0) is 37.1 Å². The Hall–Kier alpha value is -1.81. The van der Waals surface area contributed by atoms with Gasteiger partial charge >= 0.3 is 0 Å². The van der Waals surface area contributed by atoms with Gasteiger partial charge in [-0.3, -0.25) is 4.79 Å². The van der Waals surface area contributed by atoms with Crippen molar-refractivity contribution in [3.63, 3.8) is 0 Å². The lowest BCUT2D eigenvalue weighted by atomic mass is 10.1.